The maximum atomic E-state index is 5.56. The highest BCUT2D eigenvalue weighted by atomic mass is 15.1. The van der Waals surface area contributed by atoms with E-state index in [4.69, 9.17) is 5.73 Å². The fourth-order valence-electron chi connectivity index (χ4n) is 2.41. The van der Waals surface area contributed by atoms with E-state index in [9.17, 15) is 0 Å². The molecule has 1 saturated heterocycles. The van der Waals surface area contributed by atoms with Gasteiger partial charge in [-0.3, -0.25) is 4.98 Å². The van der Waals surface area contributed by atoms with Gasteiger partial charge in [0.1, 0.15) is 0 Å². The second-order valence-electron chi connectivity index (χ2n) is 5.72. The third-order valence-corrected chi connectivity index (χ3v) is 3.72. The Bertz CT molecular complexity index is 356. The first-order chi connectivity index (χ1) is 8.11. The fraction of sp³-hybridized carbons (Fsp3) is 0.643. The summed E-state index contributed by atoms with van der Waals surface area (Å²) in [5, 5.41) is 0. The molecule has 1 aliphatic rings. The van der Waals surface area contributed by atoms with Gasteiger partial charge in [0.2, 0.25) is 0 Å². The van der Waals surface area contributed by atoms with Gasteiger partial charge in [0, 0.05) is 19.6 Å². The monoisotopic (exact) mass is 233 g/mol. The van der Waals surface area contributed by atoms with Crippen molar-refractivity contribution in [1.82, 2.24) is 4.98 Å². The molecule has 3 heteroatoms. The highest BCUT2D eigenvalue weighted by Gasteiger charge is 2.23. The Labute approximate surface area is 104 Å². The molecule has 1 aromatic heterocycles. The SMILES string of the molecule is CC1(C)CCCN(c2ccc(CN)nc2)CC1. The van der Waals surface area contributed by atoms with Crippen LogP contribution in [0.15, 0.2) is 18.3 Å². The summed E-state index contributed by atoms with van der Waals surface area (Å²) in [6.45, 7) is 7.54. The molecule has 0 aromatic carbocycles. The molecule has 0 saturated carbocycles. The summed E-state index contributed by atoms with van der Waals surface area (Å²) in [6, 6.07) is 4.18. The van der Waals surface area contributed by atoms with Crippen LogP contribution in [0.25, 0.3) is 0 Å². The lowest BCUT2D eigenvalue weighted by molar-refractivity contribution is 0.325. The first-order valence-electron chi connectivity index (χ1n) is 6.51. The lowest BCUT2D eigenvalue weighted by atomic mass is 9.85. The van der Waals surface area contributed by atoms with Gasteiger partial charge < -0.3 is 10.6 Å². The molecule has 0 atom stereocenters. The molecule has 0 aliphatic carbocycles. The van der Waals surface area contributed by atoms with Crippen LogP contribution >= 0.6 is 0 Å². The van der Waals surface area contributed by atoms with Crippen LogP contribution in [0.1, 0.15) is 38.8 Å². The summed E-state index contributed by atoms with van der Waals surface area (Å²) in [7, 11) is 0. The second kappa shape index (κ2) is 5.05. The Balaban J connectivity index is 2.06. The minimum absolute atomic E-state index is 0.485. The van der Waals surface area contributed by atoms with Crippen LogP contribution < -0.4 is 10.6 Å². The van der Waals surface area contributed by atoms with E-state index in [0.29, 0.717) is 12.0 Å². The molecule has 1 aromatic rings. The van der Waals surface area contributed by atoms with Crippen molar-refractivity contribution < 1.29 is 0 Å². The largest absolute Gasteiger partial charge is 0.370 e. The standard InChI is InChI=1S/C14H23N3/c1-14(2)6-3-8-17(9-7-14)13-5-4-12(10-15)16-11-13/h4-5,11H,3,6-10,15H2,1-2H3. The van der Waals surface area contributed by atoms with E-state index in [1.54, 1.807) is 0 Å². The minimum atomic E-state index is 0.485. The summed E-state index contributed by atoms with van der Waals surface area (Å²) in [5.74, 6) is 0. The van der Waals surface area contributed by atoms with Gasteiger partial charge in [-0.25, -0.2) is 0 Å². The van der Waals surface area contributed by atoms with Gasteiger partial charge in [-0.1, -0.05) is 13.8 Å². The molecule has 0 bridgehead atoms. The molecule has 0 spiro atoms. The van der Waals surface area contributed by atoms with E-state index in [1.165, 1.54) is 24.9 Å². The van der Waals surface area contributed by atoms with Crippen LogP contribution in [0.2, 0.25) is 0 Å². The Morgan fingerprint density at radius 3 is 2.76 bits per heavy atom. The normalized spacial score (nSPS) is 20.1. The molecular formula is C14H23N3. The van der Waals surface area contributed by atoms with Gasteiger partial charge in [-0.15, -0.1) is 0 Å². The van der Waals surface area contributed by atoms with Crippen molar-refractivity contribution in [3.63, 3.8) is 0 Å². The van der Waals surface area contributed by atoms with E-state index in [1.807, 2.05) is 12.3 Å². The quantitative estimate of drug-likeness (QED) is 0.853. The lowest BCUT2D eigenvalue weighted by Gasteiger charge is -2.24. The maximum absolute atomic E-state index is 5.56. The predicted octanol–water partition coefficient (Wildman–Crippen LogP) is 2.56. The first kappa shape index (κ1) is 12.4. The van der Waals surface area contributed by atoms with E-state index >= 15 is 0 Å². The molecule has 1 fully saturated rings. The van der Waals surface area contributed by atoms with Gasteiger partial charge in [-0.05, 0) is 36.8 Å². The summed E-state index contributed by atoms with van der Waals surface area (Å²) in [6.07, 6.45) is 5.80. The van der Waals surface area contributed by atoms with Crippen LogP contribution in [0.3, 0.4) is 0 Å². The van der Waals surface area contributed by atoms with Gasteiger partial charge in [0.05, 0.1) is 17.6 Å². The van der Waals surface area contributed by atoms with Crippen LogP contribution in [0.5, 0.6) is 0 Å². The Morgan fingerprint density at radius 2 is 2.12 bits per heavy atom. The number of nitrogens with two attached hydrogens (primary N) is 1. The number of nitrogens with zero attached hydrogens (tertiary/aromatic N) is 2. The Kier molecular flexibility index (Phi) is 3.67. The van der Waals surface area contributed by atoms with Gasteiger partial charge in [-0.2, -0.15) is 0 Å². The third kappa shape index (κ3) is 3.19. The number of aromatic nitrogens is 1. The summed E-state index contributed by atoms with van der Waals surface area (Å²) >= 11 is 0. The number of hydrogen-bond acceptors (Lipinski definition) is 3. The molecule has 1 aliphatic heterocycles. The average Bonchev–Trinajstić information content (AvgIpc) is 2.50. The van der Waals surface area contributed by atoms with Crippen LogP contribution in [0.4, 0.5) is 5.69 Å². The van der Waals surface area contributed by atoms with Gasteiger partial charge in [0.25, 0.3) is 0 Å². The first-order valence-corrected chi connectivity index (χ1v) is 6.51. The van der Waals surface area contributed by atoms with Crippen molar-refractivity contribution in [3.05, 3.63) is 24.0 Å². The zero-order valence-electron chi connectivity index (χ0n) is 10.9. The van der Waals surface area contributed by atoms with Crippen molar-refractivity contribution >= 4 is 5.69 Å². The van der Waals surface area contributed by atoms with E-state index in [-0.39, 0.29) is 0 Å². The smallest absolute Gasteiger partial charge is 0.0552 e. The predicted molar refractivity (Wildman–Crippen MR) is 72.0 cm³/mol. The minimum Gasteiger partial charge on any atom is -0.370 e. The third-order valence-electron chi connectivity index (χ3n) is 3.72. The lowest BCUT2D eigenvalue weighted by Crippen LogP contribution is -2.25. The highest BCUT2D eigenvalue weighted by molar-refractivity contribution is 5.44. The van der Waals surface area contributed by atoms with E-state index in [2.05, 4.69) is 29.8 Å². The average molecular weight is 233 g/mol. The zero-order chi connectivity index (χ0) is 12.3. The van der Waals surface area contributed by atoms with Gasteiger partial charge in [0.15, 0.2) is 0 Å². The number of hydrogen-bond donors (Lipinski definition) is 1. The fourth-order valence-corrected chi connectivity index (χ4v) is 2.41. The number of rotatable bonds is 2. The van der Waals surface area contributed by atoms with Crippen LogP contribution in [0, 0.1) is 5.41 Å². The molecule has 0 amide bonds. The molecule has 2 N–H and O–H groups in total. The Hall–Kier alpha value is -1.09. The summed E-state index contributed by atoms with van der Waals surface area (Å²) < 4.78 is 0. The summed E-state index contributed by atoms with van der Waals surface area (Å²) in [5.41, 5.74) is 8.25. The van der Waals surface area contributed by atoms with Crippen molar-refractivity contribution in [2.24, 2.45) is 11.1 Å². The molecule has 2 heterocycles. The second-order valence-corrected chi connectivity index (χ2v) is 5.72. The van der Waals surface area contributed by atoms with Crippen molar-refractivity contribution in [3.8, 4) is 0 Å². The van der Waals surface area contributed by atoms with E-state index < -0.39 is 0 Å². The molecule has 94 valence electrons. The number of anilines is 1. The Morgan fingerprint density at radius 1 is 1.29 bits per heavy atom. The van der Waals surface area contributed by atoms with Gasteiger partial charge >= 0.3 is 0 Å². The molecule has 17 heavy (non-hydrogen) atoms. The molecule has 3 nitrogen and oxygen atoms in total. The van der Waals surface area contributed by atoms with Crippen LogP contribution in [-0.2, 0) is 6.54 Å². The molecule has 2 rings (SSSR count). The molecule has 0 radical (unpaired) electrons. The van der Waals surface area contributed by atoms with Crippen molar-refractivity contribution in [2.75, 3.05) is 18.0 Å². The molecule has 0 unspecified atom stereocenters. The number of pyridine rings is 1. The van der Waals surface area contributed by atoms with Crippen LogP contribution in [-0.4, -0.2) is 18.1 Å². The highest BCUT2D eigenvalue weighted by Crippen LogP contribution is 2.31. The maximum Gasteiger partial charge on any atom is 0.0552 e. The van der Waals surface area contributed by atoms with Crippen molar-refractivity contribution in [1.29, 1.82) is 0 Å². The topological polar surface area (TPSA) is 42.1 Å². The van der Waals surface area contributed by atoms with E-state index in [0.717, 1.165) is 18.8 Å². The van der Waals surface area contributed by atoms with Crippen molar-refractivity contribution in [2.45, 2.75) is 39.7 Å². The molecular weight excluding hydrogens is 210 g/mol. The zero-order valence-corrected chi connectivity index (χ0v) is 10.9. The summed E-state index contributed by atoms with van der Waals surface area (Å²) in [4.78, 5) is 6.82.